The average molecular weight is 334 g/mol. The molecular formula is C17H22N2O5. The second kappa shape index (κ2) is 7.81. The quantitative estimate of drug-likeness (QED) is 0.817. The summed E-state index contributed by atoms with van der Waals surface area (Å²) < 4.78 is 5.56. The summed E-state index contributed by atoms with van der Waals surface area (Å²) in [7, 11) is 1.64. The molecule has 0 aromatic heterocycles. The van der Waals surface area contributed by atoms with Crippen molar-refractivity contribution in [3.8, 4) is 5.75 Å². The van der Waals surface area contributed by atoms with Gasteiger partial charge in [0.2, 0.25) is 5.91 Å². The van der Waals surface area contributed by atoms with Crippen LogP contribution in [-0.4, -0.2) is 54.0 Å². The van der Waals surface area contributed by atoms with E-state index in [1.54, 1.807) is 31.0 Å². The highest BCUT2D eigenvalue weighted by Gasteiger charge is 2.31. The predicted octanol–water partition coefficient (Wildman–Crippen LogP) is 1.51. The summed E-state index contributed by atoms with van der Waals surface area (Å²) >= 11 is 0. The normalized spacial score (nSPS) is 16.3. The Kier molecular flexibility index (Phi) is 5.78. The summed E-state index contributed by atoms with van der Waals surface area (Å²) in [5.74, 6) is -0.535. The molecule has 24 heavy (non-hydrogen) atoms. The van der Waals surface area contributed by atoms with E-state index < -0.39 is 12.1 Å². The first-order valence-electron chi connectivity index (χ1n) is 7.93. The van der Waals surface area contributed by atoms with Crippen LogP contribution >= 0.6 is 0 Å². The minimum atomic E-state index is -0.875. The topological polar surface area (TPSA) is 87.2 Å². The van der Waals surface area contributed by atoms with Gasteiger partial charge in [-0.3, -0.25) is 14.4 Å². The van der Waals surface area contributed by atoms with Gasteiger partial charge in [-0.1, -0.05) is 12.1 Å². The van der Waals surface area contributed by atoms with E-state index in [0.717, 1.165) is 0 Å². The molecule has 1 aromatic carbocycles. The molecule has 1 aliphatic rings. The number of hydrogen-bond donors (Lipinski definition) is 1. The fourth-order valence-corrected chi connectivity index (χ4v) is 2.58. The third-order valence-corrected chi connectivity index (χ3v) is 3.93. The molecule has 0 spiro atoms. The highest BCUT2D eigenvalue weighted by molar-refractivity contribution is 6.00. The van der Waals surface area contributed by atoms with Crippen LogP contribution in [0.25, 0.3) is 0 Å². The first kappa shape index (κ1) is 17.8. The summed E-state index contributed by atoms with van der Waals surface area (Å²) in [6.45, 7) is 2.34. The lowest BCUT2D eigenvalue weighted by atomic mass is 10.1. The van der Waals surface area contributed by atoms with Crippen LogP contribution in [0.2, 0.25) is 0 Å². The summed E-state index contributed by atoms with van der Waals surface area (Å²) in [5.41, 5.74) is 0.668. The van der Waals surface area contributed by atoms with E-state index in [1.807, 2.05) is 12.1 Å². The molecule has 0 fully saturated rings. The van der Waals surface area contributed by atoms with Crippen molar-refractivity contribution in [2.75, 3.05) is 25.0 Å². The molecule has 0 bridgehead atoms. The van der Waals surface area contributed by atoms with Crippen molar-refractivity contribution in [3.63, 3.8) is 0 Å². The third kappa shape index (κ3) is 4.24. The van der Waals surface area contributed by atoms with Crippen LogP contribution in [0.1, 0.15) is 26.2 Å². The highest BCUT2D eigenvalue weighted by atomic mass is 16.5. The number of benzene rings is 1. The number of hydrogen-bond acceptors (Lipinski definition) is 4. The van der Waals surface area contributed by atoms with Crippen LogP contribution in [-0.2, 0) is 14.4 Å². The second-order valence-corrected chi connectivity index (χ2v) is 5.78. The fraction of sp³-hybridized carbons (Fsp3) is 0.471. The molecule has 130 valence electrons. The van der Waals surface area contributed by atoms with E-state index in [0.29, 0.717) is 24.4 Å². The SMILES string of the molecule is CC1Oc2ccccc2N(CCC(=O)N(C)CCCC(=O)O)C1=O. The number of ether oxygens (including phenoxy) is 1. The van der Waals surface area contributed by atoms with Gasteiger partial charge >= 0.3 is 5.97 Å². The van der Waals surface area contributed by atoms with Gasteiger partial charge in [-0.15, -0.1) is 0 Å². The molecule has 1 unspecified atom stereocenters. The van der Waals surface area contributed by atoms with E-state index in [2.05, 4.69) is 0 Å². The molecule has 0 aliphatic carbocycles. The molecule has 2 amide bonds. The van der Waals surface area contributed by atoms with Crippen molar-refractivity contribution >= 4 is 23.5 Å². The molecule has 1 heterocycles. The molecule has 1 N–H and O–H groups in total. The smallest absolute Gasteiger partial charge is 0.303 e. The van der Waals surface area contributed by atoms with Crippen LogP contribution < -0.4 is 9.64 Å². The number of amides is 2. The number of aliphatic carboxylic acids is 1. The Morgan fingerprint density at radius 2 is 2.00 bits per heavy atom. The Balaban J connectivity index is 1.94. The molecule has 2 rings (SSSR count). The molecule has 1 atom stereocenters. The molecular weight excluding hydrogens is 312 g/mol. The highest BCUT2D eigenvalue weighted by Crippen LogP contribution is 2.33. The van der Waals surface area contributed by atoms with Crippen molar-refractivity contribution < 1.29 is 24.2 Å². The van der Waals surface area contributed by atoms with Crippen molar-refractivity contribution in [2.45, 2.75) is 32.3 Å². The van der Waals surface area contributed by atoms with Crippen molar-refractivity contribution in [3.05, 3.63) is 24.3 Å². The standard InChI is InChI=1S/C17H22N2O5/c1-12-17(23)19(13-6-3-4-7-14(13)24-12)11-9-15(20)18(2)10-5-8-16(21)22/h3-4,6-7,12H,5,8-11H2,1-2H3,(H,21,22). The van der Waals surface area contributed by atoms with Crippen LogP contribution in [0.15, 0.2) is 24.3 Å². The maximum Gasteiger partial charge on any atom is 0.303 e. The van der Waals surface area contributed by atoms with Crippen molar-refractivity contribution in [1.82, 2.24) is 4.90 Å². The molecule has 7 nitrogen and oxygen atoms in total. The second-order valence-electron chi connectivity index (χ2n) is 5.78. The Bertz CT molecular complexity index is 631. The maximum absolute atomic E-state index is 12.3. The number of carbonyl (C=O) groups excluding carboxylic acids is 2. The summed E-state index contributed by atoms with van der Waals surface area (Å²) in [4.78, 5) is 38.1. The minimum Gasteiger partial charge on any atom is -0.481 e. The first-order valence-corrected chi connectivity index (χ1v) is 7.93. The molecule has 1 aromatic rings. The Morgan fingerprint density at radius 3 is 2.71 bits per heavy atom. The van der Waals surface area contributed by atoms with Gasteiger partial charge in [-0.2, -0.15) is 0 Å². The van der Waals surface area contributed by atoms with E-state index in [4.69, 9.17) is 9.84 Å². The molecule has 0 radical (unpaired) electrons. The Labute approximate surface area is 140 Å². The monoisotopic (exact) mass is 334 g/mol. The molecule has 0 saturated carbocycles. The zero-order valence-corrected chi connectivity index (χ0v) is 13.9. The van der Waals surface area contributed by atoms with Gasteiger partial charge in [0, 0.05) is 33.0 Å². The van der Waals surface area contributed by atoms with E-state index >= 15 is 0 Å². The van der Waals surface area contributed by atoms with Gasteiger partial charge in [0.05, 0.1) is 5.69 Å². The molecule has 7 heteroatoms. The summed E-state index contributed by atoms with van der Waals surface area (Å²) in [6.07, 6.45) is 0.0395. The van der Waals surface area contributed by atoms with Crippen molar-refractivity contribution in [2.24, 2.45) is 0 Å². The number of para-hydroxylation sites is 2. The molecule has 1 aliphatic heterocycles. The molecule has 0 saturated heterocycles. The lowest BCUT2D eigenvalue weighted by Gasteiger charge is -2.33. The lowest BCUT2D eigenvalue weighted by Crippen LogP contribution is -2.46. The van der Waals surface area contributed by atoms with Gasteiger partial charge in [-0.25, -0.2) is 0 Å². The van der Waals surface area contributed by atoms with E-state index in [9.17, 15) is 14.4 Å². The zero-order chi connectivity index (χ0) is 17.7. The van der Waals surface area contributed by atoms with Crippen LogP contribution in [0.5, 0.6) is 5.75 Å². The number of anilines is 1. The summed E-state index contributed by atoms with van der Waals surface area (Å²) in [5, 5.41) is 8.63. The van der Waals surface area contributed by atoms with E-state index in [1.165, 1.54) is 4.90 Å². The largest absolute Gasteiger partial charge is 0.481 e. The third-order valence-electron chi connectivity index (χ3n) is 3.93. The zero-order valence-electron chi connectivity index (χ0n) is 13.9. The predicted molar refractivity (Wildman–Crippen MR) is 88.0 cm³/mol. The van der Waals surface area contributed by atoms with Gasteiger partial charge in [-0.05, 0) is 25.5 Å². The van der Waals surface area contributed by atoms with E-state index in [-0.39, 0.29) is 31.2 Å². The van der Waals surface area contributed by atoms with Gasteiger partial charge < -0.3 is 19.6 Å². The maximum atomic E-state index is 12.3. The van der Waals surface area contributed by atoms with Crippen LogP contribution in [0.4, 0.5) is 5.69 Å². The number of carboxylic acids is 1. The van der Waals surface area contributed by atoms with Gasteiger partial charge in [0.25, 0.3) is 5.91 Å². The fourth-order valence-electron chi connectivity index (χ4n) is 2.58. The van der Waals surface area contributed by atoms with Crippen LogP contribution in [0, 0.1) is 0 Å². The number of carboxylic acid groups (broad SMARTS) is 1. The number of nitrogens with zero attached hydrogens (tertiary/aromatic N) is 2. The van der Waals surface area contributed by atoms with Gasteiger partial charge in [0.15, 0.2) is 6.10 Å². The number of rotatable bonds is 7. The summed E-state index contributed by atoms with van der Waals surface area (Å²) in [6, 6.07) is 7.24. The number of fused-ring (bicyclic) bond motifs is 1. The Morgan fingerprint density at radius 1 is 1.29 bits per heavy atom. The lowest BCUT2D eigenvalue weighted by molar-refractivity contribution is -0.138. The minimum absolute atomic E-state index is 0.0322. The number of carbonyl (C=O) groups is 3. The average Bonchev–Trinajstić information content (AvgIpc) is 2.54. The Hall–Kier alpha value is -2.57. The first-order chi connectivity index (χ1) is 11.4. The van der Waals surface area contributed by atoms with Crippen molar-refractivity contribution in [1.29, 1.82) is 0 Å². The van der Waals surface area contributed by atoms with Crippen LogP contribution in [0.3, 0.4) is 0 Å². The van der Waals surface area contributed by atoms with Gasteiger partial charge in [0.1, 0.15) is 5.75 Å².